The summed E-state index contributed by atoms with van der Waals surface area (Å²) in [4.78, 5) is 11.2. The highest BCUT2D eigenvalue weighted by molar-refractivity contribution is 7.89. The topological polar surface area (TPSA) is 87.3 Å². The smallest absolute Gasteiger partial charge is 0.243 e. The molecule has 0 aromatic heterocycles. The first-order valence-corrected chi connectivity index (χ1v) is 7.02. The lowest BCUT2D eigenvalue weighted by Gasteiger charge is -2.11. The van der Waals surface area contributed by atoms with Gasteiger partial charge in [-0.1, -0.05) is 12.1 Å². The monoisotopic (exact) mass is 271 g/mol. The summed E-state index contributed by atoms with van der Waals surface area (Å²) in [7, 11) is -2.24. The first kappa shape index (κ1) is 14.5. The van der Waals surface area contributed by atoms with Gasteiger partial charge in [0.05, 0.1) is 12.2 Å². The van der Waals surface area contributed by atoms with Gasteiger partial charge in [-0.05, 0) is 19.1 Å². The number of rotatable bonds is 6. The Morgan fingerprint density at radius 1 is 1.28 bits per heavy atom. The van der Waals surface area contributed by atoms with Crippen LogP contribution in [0.1, 0.15) is 6.92 Å². The number of anilines is 1. The predicted molar refractivity (Wildman–Crippen MR) is 69.9 cm³/mol. The van der Waals surface area contributed by atoms with Crippen LogP contribution in [-0.4, -0.2) is 34.5 Å². The maximum absolute atomic E-state index is 12.0. The molecule has 0 fully saturated rings. The van der Waals surface area contributed by atoms with Crippen molar-refractivity contribution in [1.29, 1.82) is 0 Å². The molecule has 0 atom stereocenters. The Bertz CT molecular complexity index is 514. The highest BCUT2D eigenvalue weighted by Crippen LogP contribution is 2.19. The molecule has 18 heavy (non-hydrogen) atoms. The van der Waals surface area contributed by atoms with Crippen LogP contribution in [0.15, 0.2) is 29.2 Å². The molecule has 6 nitrogen and oxygen atoms in total. The van der Waals surface area contributed by atoms with E-state index in [4.69, 9.17) is 0 Å². The first-order chi connectivity index (χ1) is 8.51. The normalized spacial score (nSPS) is 11.0. The maximum atomic E-state index is 12.0. The second kappa shape index (κ2) is 6.36. The fraction of sp³-hybridized carbons (Fsp3) is 0.364. The number of hydrogen-bond donors (Lipinski definition) is 3. The van der Waals surface area contributed by atoms with Crippen molar-refractivity contribution in [2.24, 2.45) is 0 Å². The van der Waals surface area contributed by atoms with Crippen molar-refractivity contribution >= 4 is 21.6 Å². The van der Waals surface area contributed by atoms with Crippen molar-refractivity contribution in [3.8, 4) is 0 Å². The zero-order chi connectivity index (χ0) is 13.6. The van der Waals surface area contributed by atoms with E-state index >= 15 is 0 Å². The molecule has 3 N–H and O–H groups in total. The Kier molecular flexibility index (Phi) is 5.11. The molecule has 0 saturated heterocycles. The Hall–Kier alpha value is -1.60. The van der Waals surface area contributed by atoms with E-state index in [1.807, 2.05) is 6.92 Å². The van der Waals surface area contributed by atoms with E-state index in [2.05, 4.69) is 15.4 Å². The summed E-state index contributed by atoms with van der Waals surface area (Å²) in [5, 5.41) is 5.31. The molecule has 1 aromatic rings. The van der Waals surface area contributed by atoms with Gasteiger partial charge in [-0.2, -0.15) is 0 Å². The maximum Gasteiger partial charge on any atom is 0.243 e. The molecule has 1 aromatic carbocycles. The van der Waals surface area contributed by atoms with E-state index in [-0.39, 0.29) is 17.3 Å². The molecular weight excluding hydrogens is 254 g/mol. The minimum atomic E-state index is -3.69. The van der Waals surface area contributed by atoms with Crippen LogP contribution in [0.25, 0.3) is 0 Å². The molecule has 0 radical (unpaired) electrons. The van der Waals surface area contributed by atoms with Crippen LogP contribution in [0, 0.1) is 0 Å². The van der Waals surface area contributed by atoms with Gasteiger partial charge in [0.25, 0.3) is 0 Å². The first-order valence-electron chi connectivity index (χ1n) is 5.54. The van der Waals surface area contributed by atoms with Crippen LogP contribution in [0.4, 0.5) is 5.69 Å². The standard InChI is InChI=1S/C11H17N3O3S/c1-3-13-9-6-4-5-7-10(9)18(16,17)14-8-11(15)12-2/h4-7,13-14H,3,8H2,1-2H3,(H,12,15). The summed E-state index contributed by atoms with van der Waals surface area (Å²) in [6.45, 7) is 2.21. The minimum Gasteiger partial charge on any atom is -0.384 e. The average Bonchev–Trinajstić information content (AvgIpc) is 2.37. The van der Waals surface area contributed by atoms with Crippen molar-refractivity contribution in [2.75, 3.05) is 25.5 Å². The van der Waals surface area contributed by atoms with Crippen molar-refractivity contribution in [3.05, 3.63) is 24.3 Å². The van der Waals surface area contributed by atoms with Crippen molar-refractivity contribution in [3.63, 3.8) is 0 Å². The number of carbonyl (C=O) groups is 1. The highest BCUT2D eigenvalue weighted by Gasteiger charge is 2.18. The van der Waals surface area contributed by atoms with Gasteiger partial charge in [-0.15, -0.1) is 0 Å². The number of nitrogens with one attached hydrogen (secondary N) is 3. The molecule has 0 heterocycles. The van der Waals surface area contributed by atoms with Gasteiger partial charge in [0.2, 0.25) is 15.9 Å². The lowest BCUT2D eigenvalue weighted by molar-refractivity contribution is -0.119. The summed E-state index contributed by atoms with van der Waals surface area (Å²) in [5.41, 5.74) is 0.518. The summed E-state index contributed by atoms with van der Waals surface area (Å²) < 4.78 is 26.3. The number of benzene rings is 1. The van der Waals surface area contributed by atoms with Gasteiger partial charge in [0, 0.05) is 13.6 Å². The summed E-state index contributed by atoms with van der Waals surface area (Å²) in [5.74, 6) is -0.389. The van der Waals surface area contributed by atoms with E-state index in [1.165, 1.54) is 13.1 Å². The summed E-state index contributed by atoms with van der Waals surface area (Å²) in [6.07, 6.45) is 0. The van der Waals surface area contributed by atoms with Crippen molar-refractivity contribution in [2.45, 2.75) is 11.8 Å². The number of likely N-dealkylation sites (N-methyl/N-ethyl adjacent to an activating group) is 1. The van der Waals surface area contributed by atoms with Crippen LogP contribution >= 0.6 is 0 Å². The van der Waals surface area contributed by atoms with Gasteiger partial charge in [-0.25, -0.2) is 13.1 Å². The quantitative estimate of drug-likeness (QED) is 0.687. The molecule has 0 aliphatic heterocycles. The zero-order valence-corrected chi connectivity index (χ0v) is 11.2. The van der Waals surface area contributed by atoms with Crippen LogP contribution in [0.2, 0.25) is 0 Å². The predicted octanol–water partition coefficient (Wildman–Crippen LogP) is 0.143. The Labute approximate surface area is 107 Å². The lowest BCUT2D eigenvalue weighted by atomic mass is 10.3. The third-order valence-electron chi connectivity index (χ3n) is 2.25. The van der Waals surface area contributed by atoms with Crippen LogP contribution in [0.3, 0.4) is 0 Å². The molecule has 0 unspecified atom stereocenters. The number of hydrogen-bond acceptors (Lipinski definition) is 4. The van der Waals surface area contributed by atoms with Gasteiger partial charge < -0.3 is 10.6 Å². The molecule has 100 valence electrons. The Balaban J connectivity index is 2.94. The minimum absolute atomic E-state index is 0.135. The van der Waals surface area contributed by atoms with Crippen molar-refractivity contribution < 1.29 is 13.2 Å². The van der Waals surface area contributed by atoms with E-state index in [0.29, 0.717) is 12.2 Å². The fourth-order valence-corrected chi connectivity index (χ4v) is 2.53. The van der Waals surface area contributed by atoms with Gasteiger partial charge >= 0.3 is 0 Å². The number of sulfonamides is 1. The molecule has 0 spiro atoms. The lowest BCUT2D eigenvalue weighted by Crippen LogP contribution is -2.35. The third kappa shape index (κ3) is 3.71. The third-order valence-corrected chi connectivity index (χ3v) is 3.70. The molecule has 1 amide bonds. The van der Waals surface area contributed by atoms with E-state index in [9.17, 15) is 13.2 Å². The van der Waals surface area contributed by atoms with Crippen molar-refractivity contribution in [1.82, 2.24) is 10.0 Å². The largest absolute Gasteiger partial charge is 0.384 e. The summed E-state index contributed by atoms with van der Waals surface area (Å²) in [6, 6.07) is 6.55. The van der Waals surface area contributed by atoms with E-state index < -0.39 is 10.0 Å². The van der Waals surface area contributed by atoms with E-state index in [1.54, 1.807) is 18.2 Å². The number of carbonyl (C=O) groups excluding carboxylic acids is 1. The molecule has 7 heteroatoms. The number of amides is 1. The second-order valence-electron chi connectivity index (χ2n) is 3.52. The Morgan fingerprint density at radius 3 is 2.56 bits per heavy atom. The zero-order valence-electron chi connectivity index (χ0n) is 10.4. The van der Waals surface area contributed by atoms with Gasteiger partial charge in [0.1, 0.15) is 4.90 Å². The van der Waals surface area contributed by atoms with Gasteiger partial charge in [-0.3, -0.25) is 4.79 Å². The molecule has 0 aliphatic carbocycles. The molecule has 0 saturated carbocycles. The number of para-hydroxylation sites is 1. The van der Waals surface area contributed by atoms with E-state index in [0.717, 1.165) is 0 Å². The summed E-state index contributed by atoms with van der Waals surface area (Å²) >= 11 is 0. The molecular formula is C11H17N3O3S. The van der Waals surface area contributed by atoms with Gasteiger partial charge in [0.15, 0.2) is 0 Å². The fourth-order valence-electron chi connectivity index (χ4n) is 1.36. The molecule has 1 rings (SSSR count). The second-order valence-corrected chi connectivity index (χ2v) is 5.26. The van der Waals surface area contributed by atoms with Crippen LogP contribution < -0.4 is 15.4 Å². The molecule has 0 bridgehead atoms. The van der Waals surface area contributed by atoms with Crippen LogP contribution in [-0.2, 0) is 14.8 Å². The average molecular weight is 271 g/mol. The van der Waals surface area contributed by atoms with Crippen LogP contribution in [0.5, 0.6) is 0 Å². The SMILES string of the molecule is CCNc1ccccc1S(=O)(=O)NCC(=O)NC. The molecule has 0 aliphatic rings. The highest BCUT2D eigenvalue weighted by atomic mass is 32.2. The Morgan fingerprint density at radius 2 is 1.94 bits per heavy atom.